The smallest absolute Gasteiger partial charge is 0.222 e. The summed E-state index contributed by atoms with van der Waals surface area (Å²) >= 11 is 5.93. The van der Waals surface area contributed by atoms with Crippen molar-refractivity contribution in [2.45, 2.75) is 46.7 Å². The summed E-state index contributed by atoms with van der Waals surface area (Å²) in [5, 5.41) is 4.97. The van der Waals surface area contributed by atoms with E-state index < -0.39 is 0 Å². The second kappa shape index (κ2) is 10.4. The number of amides is 1. The summed E-state index contributed by atoms with van der Waals surface area (Å²) in [6.07, 6.45) is 2.49. The minimum atomic E-state index is 0.265. The highest BCUT2D eigenvalue weighted by atomic mass is 32.1. The van der Waals surface area contributed by atoms with Crippen LogP contribution >= 0.6 is 12.2 Å². The molecule has 1 aliphatic rings. The molecule has 1 saturated heterocycles. The van der Waals surface area contributed by atoms with Gasteiger partial charge in [-0.05, 0) is 51.0 Å². The summed E-state index contributed by atoms with van der Waals surface area (Å²) in [4.78, 5) is 16.7. The molecule has 174 valence electrons. The Morgan fingerprint density at radius 3 is 2.27 bits per heavy atom. The van der Waals surface area contributed by atoms with Crippen molar-refractivity contribution < 1.29 is 4.79 Å². The maximum absolute atomic E-state index is 12.3. The number of carbonyl (C=O) groups is 1. The third-order valence-electron chi connectivity index (χ3n) is 6.18. The Morgan fingerprint density at radius 1 is 0.939 bits per heavy atom. The Hall–Kier alpha value is -2.77. The highest BCUT2D eigenvalue weighted by Gasteiger charge is 2.21. The van der Waals surface area contributed by atoms with E-state index in [2.05, 4.69) is 78.8 Å². The lowest BCUT2D eigenvalue weighted by Crippen LogP contribution is -2.35. The molecule has 2 aromatic carbocycles. The average Bonchev–Trinajstić information content (AvgIpc) is 2.97. The molecule has 0 spiro atoms. The number of aromatic nitrogens is 3. The SMILES string of the molecule is CCCC(=O)N1CCCN(Cn2nc(-c3ccc(C)cc3)n(-c3ccc(C)cc3)c2=S)CC1. The molecule has 0 radical (unpaired) electrons. The lowest BCUT2D eigenvalue weighted by molar-refractivity contribution is -0.131. The fourth-order valence-corrected chi connectivity index (χ4v) is 4.53. The zero-order valence-electron chi connectivity index (χ0n) is 19.8. The number of hydrogen-bond acceptors (Lipinski definition) is 4. The number of benzene rings is 2. The highest BCUT2D eigenvalue weighted by molar-refractivity contribution is 7.71. The third kappa shape index (κ3) is 5.42. The van der Waals surface area contributed by atoms with E-state index in [1.807, 2.05) is 9.58 Å². The first-order valence-electron chi connectivity index (χ1n) is 11.8. The van der Waals surface area contributed by atoms with Gasteiger partial charge in [-0.15, -0.1) is 5.10 Å². The lowest BCUT2D eigenvalue weighted by Gasteiger charge is -2.21. The lowest BCUT2D eigenvalue weighted by atomic mass is 10.1. The maximum atomic E-state index is 12.3. The molecule has 7 heteroatoms. The number of rotatable bonds is 6. The van der Waals surface area contributed by atoms with Crippen LogP contribution in [0.3, 0.4) is 0 Å². The third-order valence-corrected chi connectivity index (χ3v) is 6.57. The van der Waals surface area contributed by atoms with Gasteiger partial charge in [-0.25, -0.2) is 4.68 Å². The van der Waals surface area contributed by atoms with Crippen molar-refractivity contribution in [3.8, 4) is 17.1 Å². The predicted molar refractivity (Wildman–Crippen MR) is 135 cm³/mol. The fraction of sp³-hybridized carbons (Fsp3) is 0.423. The maximum Gasteiger partial charge on any atom is 0.222 e. The predicted octanol–water partition coefficient (Wildman–Crippen LogP) is 4.98. The van der Waals surface area contributed by atoms with Crippen molar-refractivity contribution in [3.63, 3.8) is 0 Å². The minimum absolute atomic E-state index is 0.265. The first-order valence-corrected chi connectivity index (χ1v) is 12.2. The zero-order valence-corrected chi connectivity index (χ0v) is 20.6. The largest absolute Gasteiger partial charge is 0.341 e. The second-order valence-electron chi connectivity index (χ2n) is 8.89. The van der Waals surface area contributed by atoms with Gasteiger partial charge in [0.1, 0.15) is 0 Å². The summed E-state index contributed by atoms with van der Waals surface area (Å²) in [6.45, 7) is 10.2. The van der Waals surface area contributed by atoms with Crippen LogP contribution in [0.5, 0.6) is 0 Å². The molecule has 2 heterocycles. The van der Waals surface area contributed by atoms with Crippen molar-refractivity contribution >= 4 is 18.1 Å². The molecule has 0 bridgehead atoms. The Balaban J connectivity index is 1.63. The average molecular weight is 464 g/mol. The Kier molecular flexibility index (Phi) is 7.40. The molecule has 33 heavy (non-hydrogen) atoms. The van der Waals surface area contributed by atoms with Gasteiger partial charge in [0, 0.05) is 43.9 Å². The number of aryl methyl sites for hydroxylation is 2. The minimum Gasteiger partial charge on any atom is -0.341 e. The van der Waals surface area contributed by atoms with Crippen molar-refractivity contribution in [2.75, 3.05) is 26.2 Å². The molecule has 0 unspecified atom stereocenters. The van der Waals surface area contributed by atoms with Gasteiger partial charge in [0.15, 0.2) is 5.82 Å². The molecule has 1 aliphatic heterocycles. The molecule has 0 N–H and O–H groups in total. The molecular weight excluding hydrogens is 430 g/mol. The van der Waals surface area contributed by atoms with Crippen LogP contribution in [0.1, 0.15) is 37.3 Å². The molecule has 1 amide bonds. The van der Waals surface area contributed by atoms with E-state index in [9.17, 15) is 4.79 Å². The van der Waals surface area contributed by atoms with E-state index in [0.717, 1.165) is 56.1 Å². The van der Waals surface area contributed by atoms with Gasteiger partial charge >= 0.3 is 0 Å². The summed E-state index contributed by atoms with van der Waals surface area (Å²) in [5.74, 6) is 1.11. The molecule has 0 aliphatic carbocycles. The van der Waals surface area contributed by atoms with Crippen LogP contribution in [0.4, 0.5) is 0 Å². The van der Waals surface area contributed by atoms with Crippen LogP contribution in [0, 0.1) is 18.6 Å². The van der Waals surface area contributed by atoms with Gasteiger partial charge in [-0.1, -0.05) is 54.4 Å². The standard InChI is InChI=1S/C26H33N5OS/c1-4-6-24(32)29-16-5-15-28(17-18-29)19-30-26(33)31(23-13-9-21(3)10-14-23)25(27-30)22-11-7-20(2)8-12-22/h7-14H,4-6,15-19H2,1-3H3. The summed E-state index contributed by atoms with van der Waals surface area (Å²) in [7, 11) is 0. The molecule has 6 nitrogen and oxygen atoms in total. The zero-order chi connectivity index (χ0) is 23.4. The van der Waals surface area contributed by atoms with E-state index in [0.29, 0.717) is 17.9 Å². The van der Waals surface area contributed by atoms with Crippen molar-refractivity contribution in [2.24, 2.45) is 0 Å². The van der Waals surface area contributed by atoms with Gasteiger partial charge in [-0.3, -0.25) is 14.3 Å². The first kappa shape index (κ1) is 23.4. The van der Waals surface area contributed by atoms with Gasteiger partial charge in [0.2, 0.25) is 10.7 Å². The number of carbonyl (C=O) groups excluding carboxylic acids is 1. The summed E-state index contributed by atoms with van der Waals surface area (Å²) in [6, 6.07) is 16.8. The van der Waals surface area contributed by atoms with Gasteiger partial charge < -0.3 is 4.90 Å². The number of nitrogens with zero attached hydrogens (tertiary/aromatic N) is 5. The van der Waals surface area contributed by atoms with Crippen molar-refractivity contribution in [3.05, 3.63) is 64.4 Å². The molecule has 4 rings (SSSR count). The van der Waals surface area contributed by atoms with Crippen LogP contribution < -0.4 is 0 Å². The molecule has 1 fully saturated rings. The van der Waals surface area contributed by atoms with Gasteiger partial charge in [0.25, 0.3) is 0 Å². The van der Waals surface area contributed by atoms with Crippen LogP contribution in [-0.2, 0) is 11.5 Å². The monoisotopic (exact) mass is 463 g/mol. The van der Waals surface area contributed by atoms with Crippen molar-refractivity contribution in [1.29, 1.82) is 0 Å². The Morgan fingerprint density at radius 2 is 1.61 bits per heavy atom. The molecular formula is C26H33N5OS. The fourth-order valence-electron chi connectivity index (χ4n) is 4.24. The van der Waals surface area contributed by atoms with Crippen molar-refractivity contribution in [1.82, 2.24) is 24.1 Å². The second-order valence-corrected chi connectivity index (χ2v) is 9.25. The Labute approximate surface area is 201 Å². The van der Waals surface area contributed by atoms with E-state index in [1.54, 1.807) is 0 Å². The summed E-state index contributed by atoms with van der Waals surface area (Å²) < 4.78 is 4.67. The van der Waals surface area contributed by atoms with E-state index in [1.165, 1.54) is 11.1 Å². The van der Waals surface area contributed by atoms with Crippen LogP contribution in [-0.4, -0.2) is 56.2 Å². The van der Waals surface area contributed by atoms with E-state index >= 15 is 0 Å². The highest BCUT2D eigenvalue weighted by Crippen LogP contribution is 2.24. The molecule has 1 aromatic heterocycles. The summed E-state index contributed by atoms with van der Waals surface area (Å²) in [5.41, 5.74) is 4.48. The molecule has 3 aromatic rings. The first-order chi connectivity index (χ1) is 16.0. The van der Waals surface area contributed by atoms with E-state index in [-0.39, 0.29) is 5.91 Å². The van der Waals surface area contributed by atoms with Crippen LogP contribution in [0.2, 0.25) is 0 Å². The molecule has 0 atom stereocenters. The Bertz CT molecular complexity index is 1150. The number of hydrogen-bond donors (Lipinski definition) is 0. The van der Waals surface area contributed by atoms with Crippen LogP contribution in [0.25, 0.3) is 17.1 Å². The molecule has 0 saturated carbocycles. The quantitative estimate of drug-likeness (QED) is 0.484. The van der Waals surface area contributed by atoms with Gasteiger partial charge in [-0.2, -0.15) is 0 Å². The van der Waals surface area contributed by atoms with E-state index in [4.69, 9.17) is 17.3 Å². The van der Waals surface area contributed by atoms with Gasteiger partial charge in [0.05, 0.1) is 6.67 Å². The normalized spacial score (nSPS) is 14.9. The van der Waals surface area contributed by atoms with Crippen LogP contribution in [0.15, 0.2) is 48.5 Å². The topological polar surface area (TPSA) is 46.3 Å².